The van der Waals surface area contributed by atoms with Gasteiger partial charge in [0, 0.05) is 43.9 Å². The van der Waals surface area contributed by atoms with E-state index in [0.29, 0.717) is 26.1 Å². The summed E-state index contributed by atoms with van der Waals surface area (Å²) >= 11 is 6.24. The second kappa shape index (κ2) is 10.2. The molecule has 1 N–H and O–H groups in total. The minimum atomic E-state index is -3.78. The first-order chi connectivity index (χ1) is 15.9. The fourth-order valence-corrected chi connectivity index (χ4v) is 6.32. The van der Waals surface area contributed by atoms with Gasteiger partial charge >= 0.3 is 0 Å². The van der Waals surface area contributed by atoms with Crippen LogP contribution in [0.4, 0.5) is 5.69 Å². The summed E-state index contributed by atoms with van der Waals surface area (Å²) in [5.41, 5.74) is 1.91. The summed E-state index contributed by atoms with van der Waals surface area (Å²) in [5.74, 6) is -0.280. The third kappa shape index (κ3) is 5.39. The van der Waals surface area contributed by atoms with E-state index in [0.717, 1.165) is 43.4 Å². The fourth-order valence-electron chi connectivity index (χ4n) is 4.30. The van der Waals surface area contributed by atoms with Crippen molar-refractivity contribution in [3.63, 3.8) is 0 Å². The third-order valence-corrected chi connectivity index (χ3v) is 8.51. The van der Waals surface area contributed by atoms with Crippen LogP contribution in [0.1, 0.15) is 54.4 Å². The molecule has 2 amide bonds. The van der Waals surface area contributed by atoms with Crippen LogP contribution in [0, 0.1) is 0 Å². The van der Waals surface area contributed by atoms with E-state index in [1.807, 2.05) is 24.3 Å². The molecule has 0 saturated carbocycles. The second-order valence-electron chi connectivity index (χ2n) is 8.47. The van der Waals surface area contributed by atoms with E-state index in [9.17, 15) is 18.0 Å². The van der Waals surface area contributed by atoms with Crippen molar-refractivity contribution < 1.29 is 18.0 Å². The molecule has 0 aliphatic carbocycles. The van der Waals surface area contributed by atoms with E-state index in [-0.39, 0.29) is 33.8 Å². The molecule has 2 saturated heterocycles. The molecule has 4 rings (SSSR count). The van der Waals surface area contributed by atoms with Crippen molar-refractivity contribution in [2.45, 2.75) is 50.0 Å². The minimum absolute atomic E-state index is 0.0340. The number of sulfonamides is 1. The maximum atomic E-state index is 13.2. The number of carbonyl (C=O) groups excluding carboxylic acids is 2. The van der Waals surface area contributed by atoms with Crippen molar-refractivity contribution in [3.05, 3.63) is 58.6 Å². The monoisotopic (exact) mass is 489 g/mol. The average molecular weight is 490 g/mol. The van der Waals surface area contributed by atoms with E-state index in [4.69, 9.17) is 11.6 Å². The summed E-state index contributed by atoms with van der Waals surface area (Å²) in [6.45, 7) is 1.88. The quantitative estimate of drug-likeness (QED) is 0.665. The van der Waals surface area contributed by atoms with Gasteiger partial charge in [-0.25, -0.2) is 8.42 Å². The lowest BCUT2D eigenvalue weighted by atomic mass is 10.1. The largest absolute Gasteiger partial charge is 0.348 e. The van der Waals surface area contributed by atoms with Crippen molar-refractivity contribution in [1.29, 1.82) is 0 Å². The molecule has 2 fully saturated rings. The molecule has 2 heterocycles. The molecule has 2 aromatic rings. The van der Waals surface area contributed by atoms with E-state index >= 15 is 0 Å². The van der Waals surface area contributed by atoms with Crippen LogP contribution in [0.15, 0.2) is 47.4 Å². The Balaban J connectivity index is 1.48. The third-order valence-electron chi connectivity index (χ3n) is 6.12. The second-order valence-corrected chi connectivity index (χ2v) is 10.8. The van der Waals surface area contributed by atoms with Crippen molar-refractivity contribution in [3.8, 4) is 0 Å². The van der Waals surface area contributed by atoms with Crippen LogP contribution < -0.4 is 10.2 Å². The molecular formula is C24H28ClN3O4S. The first-order valence-corrected chi connectivity index (χ1v) is 13.2. The van der Waals surface area contributed by atoms with Gasteiger partial charge in [0.25, 0.3) is 5.91 Å². The van der Waals surface area contributed by atoms with E-state index < -0.39 is 10.0 Å². The normalized spacial score (nSPS) is 17.7. The van der Waals surface area contributed by atoms with Gasteiger partial charge in [0.15, 0.2) is 0 Å². The van der Waals surface area contributed by atoms with Gasteiger partial charge in [0.2, 0.25) is 15.9 Å². The van der Waals surface area contributed by atoms with Crippen LogP contribution in [-0.2, 0) is 21.4 Å². The zero-order chi connectivity index (χ0) is 23.4. The van der Waals surface area contributed by atoms with Crippen molar-refractivity contribution in [2.24, 2.45) is 0 Å². The molecule has 2 aliphatic heterocycles. The van der Waals surface area contributed by atoms with Gasteiger partial charge in [-0.15, -0.1) is 0 Å². The highest BCUT2D eigenvalue weighted by molar-refractivity contribution is 7.89. The lowest BCUT2D eigenvalue weighted by molar-refractivity contribution is -0.117. The Morgan fingerprint density at radius 3 is 2.42 bits per heavy atom. The van der Waals surface area contributed by atoms with E-state index in [2.05, 4.69) is 5.32 Å². The summed E-state index contributed by atoms with van der Waals surface area (Å²) in [5, 5.41) is 2.95. The highest BCUT2D eigenvalue weighted by atomic mass is 35.5. The Kier molecular flexibility index (Phi) is 7.36. The number of rotatable bonds is 6. The van der Waals surface area contributed by atoms with Crippen molar-refractivity contribution in [1.82, 2.24) is 9.62 Å². The van der Waals surface area contributed by atoms with Gasteiger partial charge in [-0.1, -0.05) is 36.6 Å². The summed E-state index contributed by atoms with van der Waals surface area (Å²) in [4.78, 5) is 26.5. The molecule has 0 atom stereocenters. The number of nitrogens with zero attached hydrogens (tertiary/aromatic N) is 2. The van der Waals surface area contributed by atoms with Gasteiger partial charge < -0.3 is 10.2 Å². The highest BCUT2D eigenvalue weighted by Gasteiger charge is 2.28. The number of amides is 2. The molecule has 0 unspecified atom stereocenters. The van der Waals surface area contributed by atoms with Gasteiger partial charge in [-0.2, -0.15) is 4.31 Å². The summed E-state index contributed by atoms with van der Waals surface area (Å²) < 4.78 is 27.8. The molecule has 0 aromatic heterocycles. The number of hydrogen-bond acceptors (Lipinski definition) is 4. The smallest absolute Gasteiger partial charge is 0.251 e. The van der Waals surface area contributed by atoms with Crippen molar-refractivity contribution >= 4 is 39.1 Å². The molecular weight excluding hydrogens is 462 g/mol. The highest BCUT2D eigenvalue weighted by Crippen LogP contribution is 2.28. The number of benzene rings is 2. The molecule has 2 aliphatic rings. The van der Waals surface area contributed by atoms with Crippen LogP contribution in [0.5, 0.6) is 0 Å². The van der Waals surface area contributed by atoms with E-state index in [1.165, 1.54) is 22.5 Å². The topological polar surface area (TPSA) is 86.8 Å². The van der Waals surface area contributed by atoms with E-state index in [1.54, 1.807) is 4.90 Å². The molecule has 9 heteroatoms. The molecule has 0 bridgehead atoms. The fraction of sp³-hybridized carbons (Fsp3) is 0.417. The molecule has 0 radical (unpaired) electrons. The predicted molar refractivity (Wildman–Crippen MR) is 128 cm³/mol. The minimum Gasteiger partial charge on any atom is -0.348 e. The maximum Gasteiger partial charge on any atom is 0.251 e. The standard InChI is InChI=1S/C24H28ClN3O4S/c25-21-11-10-19(16-22(21)33(31,32)27-12-3-1-2-4-13-27)24(30)26-17-18-7-5-8-20(15-18)28-14-6-9-23(28)29/h5,7-8,10-11,15-16H,1-4,6,9,12-14,17H2,(H,26,30). The first-order valence-electron chi connectivity index (χ1n) is 11.3. The molecule has 176 valence electrons. The molecule has 0 spiro atoms. The van der Waals surface area contributed by atoms with Crippen LogP contribution in [0.2, 0.25) is 5.02 Å². The summed E-state index contributed by atoms with van der Waals surface area (Å²) in [7, 11) is -3.78. The Morgan fingerprint density at radius 1 is 0.970 bits per heavy atom. The zero-order valence-electron chi connectivity index (χ0n) is 18.4. The maximum absolute atomic E-state index is 13.2. The van der Waals surface area contributed by atoms with Crippen LogP contribution in [0.25, 0.3) is 0 Å². The average Bonchev–Trinajstić information content (AvgIpc) is 3.05. The van der Waals surface area contributed by atoms with Gasteiger partial charge in [0.1, 0.15) is 4.90 Å². The lowest BCUT2D eigenvalue weighted by Crippen LogP contribution is -2.32. The zero-order valence-corrected chi connectivity index (χ0v) is 20.0. The van der Waals surface area contributed by atoms with Crippen molar-refractivity contribution in [2.75, 3.05) is 24.5 Å². The Labute approximate surface area is 199 Å². The summed E-state index contributed by atoms with van der Waals surface area (Å²) in [6.07, 6.45) is 5.06. The van der Waals surface area contributed by atoms with Gasteiger partial charge in [0.05, 0.1) is 5.02 Å². The Bertz CT molecular complexity index is 1140. The predicted octanol–water partition coefficient (Wildman–Crippen LogP) is 3.96. The SMILES string of the molecule is O=C(NCc1cccc(N2CCCC2=O)c1)c1ccc(Cl)c(S(=O)(=O)N2CCCCCC2)c1. The molecule has 33 heavy (non-hydrogen) atoms. The first kappa shape index (κ1) is 23.7. The number of nitrogens with one attached hydrogen (secondary N) is 1. The molecule has 7 nitrogen and oxygen atoms in total. The van der Waals surface area contributed by atoms with Crippen LogP contribution in [-0.4, -0.2) is 44.2 Å². The lowest BCUT2D eigenvalue weighted by Gasteiger charge is -2.21. The van der Waals surface area contributed by atoms with Gasteiger partial charge in [-0.05, 0) is 55.2 Å². The van der Waals surface area contributed by atoms with Gasteiger partial charge in [-0.3, -0.25) is 9.59 Å². The number of halogens is 1. The Hall–Kier alpha value is -2.42. The number of carbonyl (C=O) groups is 2. The Morgan fingerprint density at radius 2 is 1.73 bits per heavy atom. The summed E-state index contributed by atoms with van der Waals surface area (Å²) in [6, 6.07) is 11.8. The van der Waals surface area contributed by atoms with Crippen LogP contribution in [0.3, 0.4) is 0 Å². The number of anilines is 1. The molecule has 2 aromatic carbocycles. The van der Waals surface area contributed by atoms with Crippen LogP contribution >= 0.6 is 11.6 Å². The number of hydrogen-bond donors (Lipinski definition) is 1.